The van der Waals surface area contributed by atoms with Gasteiger partial charge in [0, 0.05) is 31.6 Å². The molecule has 1 aromatic rings. The van der Waals surface area contributed by atoms with E-state index in [1.54, 1.807) is 7.11 Å². The highest BCUT2D eigenvalue weighted by molar-refractivity contribution is 7.91. The van der Waals surface area contributed by atoms with Crippen LogP contribution >= 0.6 is 11.3 Å². The molecule has 23 heavy (non-hydrogen) atoms. The van der Waals surface area contributed by atoms with Gasteiger partial charge in [0.1, 0.15) is 4.21 Å². The van der Waals surface area contributed by atoms with E-state index in [-0.39, 0.29) is 22.4 Å². The summed E-state index contributed by atoms with van der Waals surface area (Å²) >= 11 is 1.09. The average molecular weight is 360 g/mol. The Morgan fingerprint density at radius 3 is 2.96 bits per heavy atom. The summed E-state index contributed by atoms with van der Waals surface area (Å²) < 4.78 is 32.6. The Bertz CT molecular complexity index is 713. The van der Waals surface area contributed by atoms with Crippen LogP contribution in [0.4, 0.5) is 0 Å². The number of rotatable bonds is 4. The van der Waals surface area contributed by atoms with Crippen molar-refractivity contribution in [2.45, 2.75) is 36.1 Å². The van der Waals surface area contributed by atoms with E-state index in [9.17, 15) is 18.3 Å². The van der Waals surface area contributed by atoms with Gasteiger partial charge in [0.15, 0.2) is 0 Å². The van der Waals surface area contributed by atoms with E-state index >= 15 is 0 Å². The number of carboxylic acid groups (broad SMARTS) is 1. The molecule has 0 bridgehead atoms. The first kappa shape index (κ1) is 16.8. The highest BCUT2D eigenvalue weighted by Gasteiger charge is 2.37. The van der Waals surface area contributed by atoms with Gasteiger partial charge in [-0.1, -0.05) is 0 Å². The van der Waals surface area contributed by atoms with E-state index in [4.69, 9.17) is 4.74 Å². The minimum absolute atomic E-state index is 0.0320. The minimum Gasteiger partial charge on any atom is -0.478 e. The number of hydrogen-bond donors (Lipinski definition) is 2. The van der Waals surface area contributed by atoms with Gasteiger partial charge in [0.05, 0.1) is 11.7 Å². The van der Waals surface area contributed by atoms with Gasteiger partial charge in [-0.05, 0) is 31.4 Å². The van der Waals surface area contributed by atoms with Crippen LogP contribution in [0.15, 0.2) is 4.21 Å². The maximum atomic E-state index is 13.0. The van der Waals surface area contributed by atoms with Crippen LogP contribution in [0.3, 0.4) is 0 Å². The van der Waals surface area contributed by atoms with Crippen molar-refractivity contribution in [1.82, 2.24) is 9.62 Å². The molecule has 0 aromatic carbocycles. The molecule has 0 spiro atoms. The summed E-state index contributed by atoms with van der Waals surface area (Å²) in [6.45, 7) is 1.87. The lowest BCUT2D eigenvalue weighted by atomic mass is 10.1. The quantitative estimate of drug-likeness (QED) is 0.828. The molecule has 128 valence electrons. The van der Waals surface area contributed by atoms with E-state index in [1.807, 2.05) is 0 Å². The van der Waals surface area contributed by atoms with E-state index in [1.165, 1.54) is 4.31 Å². The van der Waals surface area contributed by atoms with Crippen LogP contribution in [-0.2, 0) is 27.7 Å². The summed E-state index contributed by atoms with van der Waals surface area (Å²) in [5.41, 5.74) is 0.631. The number of thiophene rings is 1. The molecule has 3 heterocycles. The molecule has 2 aliphatic rings. The van der Waals surface area contributed by atoms with Crippen LogP contribution in [0.1, 0.15) is 33.6 Å². The molecule has 0 amide bonds. The average Bonchev–Trinajstić information content (AvgIpc) is 2.95. The van der Waals surface area contributed by atoms with Gasteiger partial charge in [-0.3, -0.25) is 0 Å². The number of hydrogen-bond acceptors (Lipinski definition) is 6. The molecule has 7 nitrogen and oxygen atoms in total. The lowest BCUT2D eigenvalue weighted by Gasteiger charge is -2.30. The zero-order valence-electron chi connectivity index (χ0n) is 12.9. The van der Waals surface area contributed by atoms with Crippen molar-refractivity contribution in [2.24, 2.45) is 0 Å². The Morgan fingerprint density at radius 2 is 2.26 bits per heavy atom. The first-order valence-corrected chi connectivity index (χ1v) is 9.82. The van der Waals surface area contributed by atoms with Crippen LogP contribution in [0.25, 0.3) is 0 Å². The van der Waals surface area contributed by atoms with Crippen LogP contribution < -0.4 is 5.32 Å². The van der Waals surface area contributed by atoms with Crippen LogP contribution in [0.5, 0.6) is 0 Å². The molecule has 9 heteroatoms. The number of piperidine rings is 1. The number of methoxy groups -OCH3 is 1. The molecule has 1 aromatic heterocycles. The monoisotopic (exact) mass is 360 g/mol. The van der Waals surface area contributed by atoms with Crippen molar-refractivity contribution in [3.05, 3.63) is 16.0 Å². The second-order valence-electron chi connectivity index (χ2n) is 5.76. The van der Waals surface area contributed by atoms with Crippen molar-refractivity contribution >= 4 is 27.3 Å². The summed E-state index contributed by atoms with van der Waals surface area (Å²) in [5, 5.41) is 12.7. The van der Waals surface area contributed by atoms with Gasteiger partial charge in [-0.25, -0.2) is 13.2 Å². The number of carbonyl (C=O) groups is 1. The van der Waals surface area contributed by atoms with E-state index < -0.39 is 16.0 Å². The highest BCUT2D eigenvalue weighted by atomic mass is 32.2. The number of nitrogens with one attached hydrogen (secondary N) is 1. The van der Waals surface area contributed by atoms with E-state index in [0.717, 1.165) is 22.6 Å². The fourth-order valence-electron chi connectivity index (χ4n) is 3.14. The van der Waals surface area contributed by atoms with Crippen molar-refractivity contribution in [2.75, 3.05) is 26.7 Å². The molecule has 0 aliphatic carbocycles. The SMILES string of the molecule is COC1CCCN(S(=O)(=O)c2sc3c(c2C(=O)O)CCNC3)C1. The molecule has 1 unspecified atom stereocenters. The second-order valence-corrected chi connectivity index (χ2v) is 9.00. The Balaban J connectivity index is 2.03. The molecule has 2 N–H and O–H groups in total. The first-order chi connectivity index (χ1) is 10.9. The van der Waals surface area contributed by atoms with Gasteiger partial charge < -0.3 is 15.2 Å². The maximum Gasteiger partial charge on any atom is 0.338 e. The molecule has 3 rings (SSSR count). The summed E-state index contributed by atoms with van der Waals surface area (Å²) in [4.78, 5) is 12.5. The largest absolute Gasteiger partial charge is 0.478 e. The summed E-state index contributed by atoms with van der Waals surface area (Å²) in [6, 6.07) is 0. The molecule has 1 atom stereocenters. The smallest absolute Gasteiger partial charge is 0.338 e. The number of carboxylic acids is 1. The lowest BCUT2D eigenvalue weighted by molar-refractivity contribution is 0.0571. The number of aromatic carboxylic acids is 1. The first-order valence-electron chi connectivity index (χ1n) is 7.56. The Labute approximate surface area is 139 Å². The van der Waals surface area contributed by atoms with E-state index in [0.29, 0.717) is 38.0 Å². The lowest BCUT2D eigenvalue weighted by Crippen LogP contribution is -2.42. The number of ether oxygens (including phenoxy) is 1. The van der Waals surface area contributed by atoms with Crippen LogP contribution in [-0.4, -0.2) is 56.6 Å². The van der Waals surface area contributed by atoms with Gasteiger partial charge >= 0.3 is 5.97 Å². The predicted molar refractivity (Wildman–Crippen MR) is 85.5 cm³/mol. The zero-order chi connectivity index (χ0) is 16.6. The number of fused-ring (bicyclic) bond motifs is 1. The Kier molecular flexibility index (Phi) is 4.75. The van der Waals surface area contributed by atoms with Crippen molar-refractivity contribution in [3.63, 3.8) is 0 Å². The van der Waals surface area contributed by atoms with Gasteiger partial charge in [-0.15, -0.1) is 11.3 Å². The molecule has 0 saturated carbocycles. The third-order valence-electron chi connectivity index (χ3n) is 4.36. The third-order valence-corrected chi connectivity index (χ3v) is 7.95. The third kappa shape index (κ3) is 3.03. The predicted octanol–water partition coefficient (Wildman–Crippen LogP) is 0.892. The number of nitrogens with zero attached hydrogens (tertiary/aromatic N) is 1. The van der Waals surface area contributed by atoms with Gasteiger partial charge in [-0.2, -0.15) is 4.31 Å². The van der Waals surface area contributed by atoms with E-state index in [2.05, 4.69) is 5.32 Å². The van der Waals surface area contributed by atoms with Crippen molar-refractivity contribution in [3.8, 4) is 0 Å². The maximum absolute atomic E-state index is 13.0. The van der Waals surface area contributed by atoms with Crippen molar-refractivity contribution in [1.29, 1.82) is 0 Å². The molecule has 1 saturated heterocycles. The highest BCUT2D eigenvalue weighted by Crippen LogP contribution is 2.36. The normalized spacial score (nSPS) is 22.7. The zero-order valence-corrected chi connectivity index (χ0v) is 14.5. The topological polar surface area (TPSA) is 95.9 Å². The summed E-state index contributed by atoms with van der Waals surface area (Å²) in [6.07, 6.45) is 1.94. The molecule has 1 fully saturated rings. The van der Waals surface area contributed by atoms with Crippen LogP contribution in [0.2, 0.25) is 0 Å². The summed E-state index contributed by atoms with van der Waals surface area (Å²) in [5.74, 6) is -1.16. The van der Waals surface area contributed by atoms with Gasteiger partial charge in [0.2, 0.25) is 0 Å². The second kappa shape index (κ2) is 6.48. The standard InChI is InChI=1S/C14H20N2O5S2/c1-21-9-3-2-6-16(8-9)23(19,20)14-12(13(17)18)10-4-5-15-7-11(10)22-14/h9,15H,2-8H2,1H3,(H,17,18). The van der Waals surface area contributed by atoms with Gasteiger partial charge in [0.25, 0.3) is 10.0 Å². The molecular weight excluding hydrogens is 340 g/mol. The van der Waals surface area contributed by atoms with Crippen LogP contribution in [0, 0.1) is 0 Å². The molecular formula is C14H20N2O5S2. The fraction of sp³-hybridized carbons (Fsp3) is 0.643. The van der Waals surface area contributed by atoms with Crippen molar-refractivity contribution < 1.29 is 23.1 Å². The Morgan fingerprint density at radius 1 is 1.48 bits per heavy atom. The summed E-state index contributed by atoms with van der Waals surface area (Å²) in [7, 11) is -2.24. The fourth-order valence-corrected chi connectivity index (χ4v) is 6.65. The molecule has 0 radical (unpaired) electrons. The minimum atomic E-state index is -3.81. The number of sulfonamides is 1. The Hall–Kier alpha value is -1.00. The molecule has 2 aliphatic heterocycles.